The molecule has 1 N–H and O–H groups in total. The lowest BCUT2D eigenvalue weighted by molar-refractivity contribution is -0.135. The molecule has 1 saturated heterocycles. The van der Waals surface area contributed by atoms with Crippen LogP contribution in [-0.4, -0.2) is 62.0 Å². The molecule has 1 atom stereocenters. The Morgan fingerprint density at radius 3 is 2.59 bits per heavy atom. The smallest absolute Gasteiger partial charge is 0.240 e. The van der Waals surface area contributed by atoms with Crippen molar-refractivity contribution in [1.29, 1.82) is 0 Å². The summed E-state index contributed by atoms with van der Waals surface area (Å²) in [5.74, 6) is 0.939. The van der Waals surface area contributed by atoms with Gasteiger partial charge in [-0.3, -0.25) is 9.69 Å². The van der Waals surface area contributed by atoms with E-state index in [1.54, 1.807) is 4.90 Å². The summed E-state index contributed by atoms with van der Waals surface area (Å²) in [5.41, 5.74) is 0. The van der Waals surface area contributed by atoms with Gasteiger partial charge in [-0.15, -0.1) is 0 Å². The van der Waals surface area contributed by atoms with Crippen LogP contribution in [0, 0.1) is 5.92 Å². The number of amides is 1. The van der Waals surface area contributed by atoms with Crippen LogP contribution in [0.4, 0.5) is 0 Å². The van der Waals surface area contributed by atoms with Crippen LogP contribution < -0.4 is 5.32 Å². The minimum absolute atomic E-state index is 0.0272. The van der Waals surface area contributed by atoms with E-state index in [2.05, 4.69) is 24.1 Å². The van der Waals surface area contributed by atoms with Gasteiger partial charge in [-0.1, -0.05) is 26.7 Å². The lowest BCUT2D eigenvalue weighted by Crippen LogP contribution is -2.58. The highest BCUT2D eigenvalue weighted by Gasteiger charge is 2.30. The van der Waals surface area contributed by atoms with Gasteiger partial charge in [0.2, 0.25) is 5.91 Å². The van der Waals surface area contributed by atoms with Crippen LogP contribution in [-0.2, 0) is 4.79 Å². The quantitative estimate of drug-likeness (QED) is 0.773. The van der Waals surface area contributed by atoms with Gasteiger partial charge >= 0.3 is 0 Å². The lowest BCUT2D eigenvalue weighted by atomic mass is 10.0. The number of nitrogens with zero attached hydrogens (tertiary/aromatic N) is 2. The summed E-state index contributed by atoms with van der Waals surface area (Å²) in [7, 11) is 3.68. The molecule has 1 fully saturated rings. The molecule has 0 saturated carbocycles. The fourth-order valence-electron chi connectivity index (χ4n) is 2.38. The summed E-state index contributed by atoms with van der Waals surface area (Å²) >= 11 is 0. The topological polar surface area (TPSA) is 35.6 Å². The van der Waals surface area contributed by atoms with Crippen LogP contribution in [0.15, 0.2) is 0 Å². The lowest BCUT2D eigenvalue weighted by Gasteiger charge is -2.38. The van der Waals surface area contributed by atoms with Crippen LogP contribution in [0.2, 0.25) is 0 Å². The molecular weight excluding hydrogens is 214 g/mol. The first kappa shape index (κ1) is 14.5. The van der Waals surface area contributed by atoms with Crippen molar-refractivity contribution < 1.29 is 4.79 Å². The zero-order chi connectivity index (χ0) is 12.8. The van der Waals surface area contributed by atoms with Crippen LogP contribution in [0.3, 0.4) is 0 Å². The van der Waals surface area contributed by atoms with Crippen LogP contribution in [0.5, 0.6) is 0 Å². The average molecular weight is 241 g/mol. The number of piperazine rings is 1. The van der Waals surface area contributed by atoms with Gasteiger partial charge in [-0.2, -0.15) is 0 Å². The highest BCUT2D eigenvalue weighted by atomic mass is 16.2. The van der Waals surface area contributed by atoms with E-state index in [0.29, 0.717) is 5.92 Å². The van der Waals surface area contributed by atoms with Gasteiger partial charge in [0.25, 0.3) is 0 Å². The number of nitrogens with one attached hydrogen (secondary N) is 1. The summed E-state index contributed by atoms with van der Waals surface area (Å²) in [4.78, 5) is 16.2. The van der Waals surface area contributed by atoms with Crippen molar-refractivity contribution >= 4 is 5.91 Å². The monoisotopic (exact) mass is 241 g/mol. The summed E-state index contributed by atoms with van der Waals surface area (Å²) in [5, 5.41) is 3.32. The number of likely N-dealkylation sites (N-methyl/N-ethyl adjacent to an activating group) is 1. The fraction of sp³-hybridized carbons (Fsp3) is 0.923. The van der Waals surface area contributed by atoms with Crippen LogP contribution in [0.25, 0.3) is 0 Å². The zero-order valence-corrected chi connectivity index (χ0v) is 11.7. The standard InChI is InChI=1S/C13H27N3O/c1-5-11(6-2)10-16-8-7-14-9-12(16)13(17)15(3)4/h11-12,14H,5-10H2,1-4H3. The molecule has 1 unspecified atom stereocenters. The molecule has 0 aromatic heterocycles. The van der Waals surface area contributed by atoms with Crippen molar-refractivity contribution in [2.75, 3.05) is 40.3 Å². The third-order valence-electron chi connectivity index (χ3n) is 3.73. The Kier molecular flexibility index (Phi) is 5.92. The van der Waals surface area contributed by atoms with Gasteiger partial charge in [0, 0.05) is 40.3 Å². The molecule has 0 aliphatic carbocycles. The maximum atomic E-state index is 12.1. The Morgan fingerprint density at radius 2 is 2.06 bits per heavy atom. The van der Waals surface area contributed by atoms with Gasteiger partial charge in [0.15, 0.2) is 0 Å². The first-order chi connectivity index (χ1) is 8.10. The van der Waals surface area contributed by atoms with Gasteiger partial charge in [0.05, 0.1) is 0 Å². The van der Waals surface area contributed by atoms with Crippen molar-refractivity contribution in [3.8, 4) is 0 Å². The zero-order valence-electron chi connectivity index (χ0n) is 11.7. The molecule has 1 rings (SSSR count). The highest BCUT2D eigenvalue weighted by molar-refractivity contribution is 5.81. The molecule has 0 aromatic carbocycles. The fourth-order valence-corrected chi connectivity index (χ4v) is 2.38. The van der Waals surface area contributed by atoms with Crippen molar-refractivity contribution in [1.82, 2.24) is 15.1 Å². The third-order valence-corrected chi connectivity index (χ3v) is 3.73. The van der Waals surface area contributed by atoms with E-state index in [-0.39, 0.29) is 11.9 Å². The Bertz CT molecular complexity index is 239. The molecule has 4 nitrogen and oxygen atoms in total. The van der Waals surface area contributed by atoms with Gasteiger partial charge in [-0.05, 0) is 5.92 Å². The molecule has 1 amide bonds. The largest absolute Gasteiger partial charge is 0.347 e. The molecular formula is C13H27N3O. The Morgan fingerprint density at radius 1 is 1.41 bits per heavy atom. The predicted octanol–water partition coefficient (Wildman–Crippen LogP) is 0.785. The number of carbonyl (C=O) groups is 1. The van der Waals surface area contributed by atoms with Crippen LogP contribution in [0.1, 0.15) is 26.7 Å². The first-order valence-electron chi connectivity index (χ1n) is 6.76. The summed E-state index contributed by atoms with van der Waals surface area (Å²) in [6, 6.07) is 0.0272. The van der Waals surface area contributed by atoms with Crippen molar-refractivity contribution in [2.45, 2.75) is 32.7 Å². The molecule has 100 valence electrons. The van der Waals surface area contributed by atoms with E-state index < -0.39 is 0 Å². The van der Waals surface area contributed by atoms with Gasteiger partial charge < -0.3 is 10.2 Å². The second kappa shape index (κ2) is 6.97. The Labute approximate surface area is 105 Å². The second-order valence-electron chi connectivity index (χ2n) is 5.13. The normalized spacial score (nSPS) is 21.8. The van der Waals surface area contributed by atoms with E-state index in [1.807, 2.05) is 14.1 Å². The first-order valence-corrected chi connectivity index (χ1v) is 6.76. The molecule has 0 aromatic rings. The van der Waals surface area contributed by atoms with Crippen LogP contribution >= 0.6 is 0 Å². The molecule has 1 heterocycles. The van der Waals surface area contributed by atoms with E-state index in [4.69, 9.17) is 0 Å². The molecule has 4 heteroatoms. The Balaban J connectivity index is 2.62. The number of rotatable bonds is 5. The summed E-state index contributed by atoms with van der Waals surface area (Å²) < 4.78 is 0. The summed E-state index contributed by atoms with van der Waals surface area (Å²) in [6.07, 6.45) is 2.40. The molecule has 0 bridgehead atoms. The SMILES string of the molecule is CCC(CC)CN1CCNCC1C(=O)N(C)C. The summed E-state index contributed by atoms with van der Waals surface area (Å²) in [6.45, 7) is 8.30. The van der Waals surface area contributed by atoms with Gasteiger partial charge in [0.1, 0.15) is 6.04 Å². The second-order valence-corrected chi connectivity index (χ2v) is 5.13. The molecule has 1 aliphatic heterocycles. The van der Waals surface area contributed by atoms with E-state index >= 15 is 0 Å². The van der Waals surface area contributed by atoms with Gasteiger partial charge in [-0.25, -0.2) is 0 Å². The van der Waals surface area contributed by atoms with Crippen molar-refractivity contribution in [2.24, 2.45) is 5.92 Å². The number of carbonyl (C=O) groups excluding carboxylic acids is 1. The highest BCUT2D eigenvalue weighted by Crippen LogP contribution is 2.14. The minimum atomic E-state index is 0.0272. The average Bonchev–Trinajstić information content (AvgIpc) is 2.35. The van der Waals surface area contributed by atoms with Crippen molar-refractivity contribution in [3.63, 3.8) is 0 Å². The Hall–Kier alpha value is -0.610. The third kappa shape index (κ3) is 3.96. The minimum Gasteiger partial charge on any atom is -0.347 e. The van der Waals surface area contributed by atoms with E-state index in [9.17, 15) is 4.79 Å². The molecule has 1 aliphatic rings. The number of hydrogen-bond acceptors (Lipinski definition) is 3. The predicted molar refractivity (Wildman–Crippen MR) is 71.0 cm³/mol. The van der Waals surface area contributed by atoms with E-state index in [0.717, 1.165) is 26.2 Å². The van der Waals surface area contributed by atoms with Crippen molar-refractivity contribution in [3.05, 3.63) is 0 Å². The maximum Gasteiger partial charge on any atom is 0.240 e. The number of hydrogen-bond donors (Lipinski definition) is 1. The maximum absolute atomic E-state index is 12.1. The van der Waals surface area contributed by atoms with E-state index in [1.165, 1.54) is 12.8 Å². The molecule has 0 spiro atoms. The molecule has 0 radical (unpaired) electrons. The molecule has 17 heavy (non-hydrogen) atoms.